The van der Waals surface area contributed by atoms with Crippen LogP contribution in [-0.2, 0) is 20.0 Å². The topological polar surface area (TPSA) is 76.9 Å². The highest BCUT2D eigenvalue weighted by Crippen LogP contribution is 2.29. The Morgan fingerprint density at radius 3 is 2.52 bits per heavy atom. The Kier molecular flexibility index (Phi) is 4.97. The third-order valence-electron chi connectivity index (χ3n) is 3.13. The number of rotatable bonds is 7. The van der Waals surface area contributed by atoms with Crippen LogP contribution in [0, 0.1) is 0 Å². The van der Waals surface area contributed by atoms with E-state index in [9.17, 15) is 0 Å². The molecule has 7 nitrogen and oxygen atoms in total. The summed E-state index contributed by atoms with van der Waals surface area (Å²) in [6.07, 6.45) is 4.44. The molecular weight excluding hydrogens is 268 g/mol. The van der Waals surface area contributed by atoms with Crippen LogP contribution in [0.3, 0.4) is 0 Å². The quantitative estimate of drug-likeness (QED) is 0.810. The van der Waals surface area contributed by atoms with Crippen molar-refractivity contribution < 1.29 is 4.74 Å². The number of hydrogen-bond donors (Lipinski definition) is 2. The normalized spacial score (nSPS) is 10.5. The molecule has 0 bridgehead atoms. The number of aryl methyl sites for hydroxylation is 2. The fourth-order valence-electron chi connectivity index (χ4n) is 2.19. The second kappa shape index (κ2) is 6.92. The molecule has 0 atom stereocenters. The van der Waals surface area contributed by atoms with Crippen molar-refractivity contribution in [1.29, 1.82) is 0 Å². The number of ether oxygens (including phenoxy) is 1. The van der Waals surface area contributed by atoms with Gasteiger partial charge >= 0.3 is 0 Å². The van der Waals surface area contributed by atoms with Crippen molar-refractivity contribution in [3.05, 3.63) is 23.8 Å². The maximum atomic E-state index is 5.41. The van der Waals surface area contributed by atoms with E-state index in [1.165, 1.54) is 6.33 Å². The molecule has 0 amide bonds. The van der Waals surface area contributed by atoms with Gasteiger partial charge in [-0.2, -0.15) is 5.10 Å². The summed E-state index contributed by atoms with van der Waals surface area (Å²) in [6, 6.07) is 0. The van der Waals surface area contributed by atoms with Crippen LogP contribution in [0.25, 0.3) is 0 Å². The molecule has 114 valence electrons. The van der Waals surface area contributed by atoms with Gasteiger partial charge in [0, 0.05) is 31.9 Å². The van der Waals surface area contributed by atoms with Gasteiger partial charge in [0.05, 0.1) is 12.8 Å². The molecule has 2 heterocycles. The van der Waals surface area contributed by atoms with Gasteiger partial charge in [0.15, 0.2) is 11.6 Å². The van der Waals surface area contributed by atoms with Crippen molar-refractivity contribution in [1.82, 2.24) is 19.7 Å². The van der Waals surface area contributed by atoms with Crippen LogP contribution in [0.1, 0.15) is 25.1 Å². The van der Waals surface area contributed by atoms with Crippen LogP contribution in [-0.4, -0.2) is 33.4 Å². The van der Waals surface area contributed by atoms with Crippen molar-refractivity contribution in [2.24, 2.45) is 7.05 Å². The minimum Gasteiger partial charge on any atom is -0.490 e. The Bertz CT molecular complexity index is 595. The lowest BCUT2D eigenvalue weighted by molar-refractivity contribution is 0.414. The van der Waals surface area contributed by atoms with Crippen LogP contribution in [0.15, 0.2) is 12.5 Å². The van der Waals surface area contributed by atoms with E-state index in [1.54, 1.807) is 7.11 Å². The highest BCUT2D eigenvalue weighted by Gasteiger charge is 2.12. The highest BCUT2D eigenvalue weighted by molar-refractivity contribution is 5.63. The van der Waals surface area contributed by atoms with E-state index in [2.05, 4.69) is 32.6 Å². The lowest BCUT2D eigenvalue weighted by Crippen LogP contribution is -2.08. The Labute approximate surface area is 124 Å². The first-order valence-electron chi connectivity index (χ1n) is 7.07. The molecule has 2 rings (SSSR count). The van der Waals surface area contributed by atoms with E-state index < -0.39 is 0 Å². The van der Waals surface area contributed by atoms with Crippen molar-refractivity contribution in [3.63, 3.8) is 0 Å². The van der Waals surface area contributed by atoms with E-state index in [4.69, 9.17) is 4.74 Å². The van der Waals surface area contributed by atoms with Crippen LogP contribution >= 0.6 is 0 Å². The van der Waals surface area contributed by atoms with Crippen LogP contribution in [0.5, 0.6) is 5.75 Å². The predicted molar refractivity (Wildman–Crippen MR) is 82.7 cm³/mol. The van der Waals surface area contributed by atoms with E-state index in [0.717, 1.165) is 24.2 Å². The van der Waals surface area contributed by atoms with Gasteiger partial charge in [-0.3, -0.25) is 4.68 Å². The Morgan fingerprint density at radius 1 is 1.19 bits per heavy atom. The van der Waals surface area contributed by atoms with Gasteiger partial charge in [0.1, 0.15) is 6.33 Å². The first-order chi connectivity index (χ1) is 10.2. The molecular formula is C14H22N6O. The molecule has 2 N–H and O–H groups in total. The molecule has 0 aromatic carbocycles. The molecule has 21 heavy (non-hydrogen) atoms. The van der Waals surface area contributed by atoms with Gasteiger partial charge in [-0.1, -0.05) is 6.92 Å². The molecule has 0 aliphatic carbocycles. The van der Waals surface area contributed by atoms with Crippen LogP contribution in [0.2, 0.25) is 0 Å². The van der Waals surface area contributed by atoms with E-state index in [0.29, 0.717) is 23.9 Å². The molecule has 0 saturated carbocycles. The zero-order valence-electron chi connectivity index (χ0n) is 13.0. The number of aromatic nitrogens is 4. The summed E-state index contributed by atoms with van der Waals surface area (Å²) in [5.41, 5.74) is 2.25. The summed E-state index contributed by atoms with van der Waals surface area (Å²) in [4.78, 5) is 8.44. The second-order valence-corrected chi connectivity index (χ2v) is 4.62. The summed E-state index contributed by atoms with van der Waals surface area (Å²) < 4.78 is 7.24. The van der Waals surface area contributed by atoms with Gasteiger partial charge in [-0.05, 0) is 13.3 Å². The monoisotopic (exact) mass is 290 g/mol. The molecule has 0 radical (unpaired) electrons. The zero-order chi connectivity index (χ0) is 15.2. The van der Waals surface area contributed by atoms with Crippen LogP contribution < -0.4 is 15.4 Å². The Balaban J connectivity index is 2.17. The van der Waals surface area contributed by atoms with Gasteiger partial charge in [0.25, 0.3) is 0 Å². The SMILES string of the molecule is CCNc1ncnc(NCc2cn(C)nc2CC)c1OC. The maximum Gasteiger partial charge on any atom is 0.204 e. The first-order valence-corrected chi connectivity index (χ1v) is 7.07. The lowest BCUT2D eigenvalue weighted by Gasteiger charge is -2.13. The number of nitrogens with zero attached hydrogens (tertiary/aromatic N) is 4. The molecule has 0 saturated heterocycles. The fraction of sp³-hybridized carbons (Fsp3) is 0.500. The molecule has 7 heteroatoms. The van der Waals surface area contributed by atoms with Crippen molar-refractivity contribution in [2.45, 2.75) is 26.8 Å². The molecule has 2 aromatic heterocycles. The second-order valence-electron chi connectivity index (χ2n) is 4.62. The van der Waals surface area contributed by atoms with E-state index >= 15 is 0 Å². The third-order valence-corrected chi connectivity index (χ3v) is 3.13. The van der Waals surface area contributed by atoms with Gasteiger partial charge in [-0.15, -0.1) is 0 Å². The number of anilines is 2. The number of hydrogen-bond acceptors (Lipinski definition) is 6. The van der Waals surface area contributed by atoms with E-state index in [-0.39, 0.29) is 0 Å². The molecule has 0 aliphatic rings. The minimum atomic E-state index is 0.626. The molecule has 0 fully saturated rings. The fourth-order valence-corrected chi connectivity index (χ4v) is 2.19. The lowest BCUT2D eigenvalue weighted by atomic mass is 10.2. The van der Waals surface area contributed by atoms with Gasteiger partial charge in [-0.25, -0.2) is 9.97 Å². The number of nitrogens with one attached hydrogen (secondary N) is 2. The average Bonchev–Trinajstić information content (AvgIpc) is 2.85. The maximum absolute atomic E-state index is 5.41. The van der Waals surface area contributed by atoms with Crippen molar-refractivity contribution in [2.75, 3.05) is 24.3 Å². The van der Waals surface area contributed by atoms with E-state index in [1.807, 2.05) is 24.9 Å². The van der Waals surface area contributed by atoms with Gasteiger partial charge in [0.2, 0.25) is 5.75 Å². The van der Waals surface area contributed by atoms with Crippen molar-refractivity contribution in [3.8, 4) is 5.75 Å². The largest absolute Gasteiger partial charge is 0.490 e. The summed E-state index contributed by atoms with van der Waals surface area (Å²) in [5.74, 6) is 2.00. The summed E-state index contributed by atoms with van der Waals surface area (Å²) >= 11 is 0. The molecule has 0 aliphatic heterocycles. The number of methoxy groups -OCH3 is 1. The van der Waals surface area contributed by atoms with Crippen LogP contribution in [0.4, 0.5) is 11.6 Å². The highest BCUT2D eigenvalue weighted by atomic mass is 16.5. The molecule has 2 aromatic rings. The summed E-state index contributed by atoms with van der Waals surface area (Å²) in [7, 11) is 3.55. The van der Waals surface area contributed by atoms with Crippen molar-refractivity contribution >= 4 is 11.6 Å². The zero-order valence-corrected chi connectivity index (χ0v) is 13.0. The average molecular weight is 290 g/mol. The first kappa shape index (κ1) is 15.1. The smallest absolute Gasteiger partial charge is 0.204 e. The Morgan fingerprint density at radius 2 is 1.90 bits per heavy atom. The molecule has 0 unspecified atom stereocenters. The standard InChI is InChI=1S/C14H22N6O/c1-5-11-10(8-20(3)19-11)7-16-14-12(21-4)13(15-6-2)17-9-18-14/h8-9H,5-7H2,1-4H3,(H2,15,16,17,18). The summed E-state index contributed by atoms with van der Waals surface area (Å²) in [6.45, 7) is 5.53. The summed E-state index contributed by atoms with van der Waals surface area (Å²) in [5, 5.41) is 10.9. The Hall–Kier alpha value is -2.31. The van der Waals surface area contributed by atoms with Gasteiger partial charge < -0.3 is 15.4 Å². The molecule has 0 spiro atoms. The minimum absolute atomic E-state index is 0.626. The predicted octanol–water partition coefficient (Wildman–Crippen LogP) is 1.82. The third kappa shape index (κ3) is 3.42.